The van der Waals surface area contributed by atoms with E-state index < -0.39 is 22.9 Å². The largest absolute Gasteiger partial charge is 0.416 e. The highest BCUT2D eigenvalue weighted by Gasteiger charge is 2.31. The Morgan fingerprint density at radius 2 is 1.56 bits per heavy atom. The third-order valence-corrected chi connectivity index (χ3v) is 6.80. The molecule has 4 aromatic rings. The minimum atomic E-state index is -4.55. The predicted octanol–water partition coefficient (Wildman–Crippen LogP) is 7.88. The van der Waals surface area contributed by atoms with Gasteiger partial charge in [-0.25, -0.2) is 0 Å². The Bertz CT molecular complexity index is 1420. The summed E-state index contributed by atoms with van der Waals surface area (Å²) in [5.74, 6) is -0.734. The lowest BCUT2D eigenvalue weighted by Crippen LogP contribution is -2.22. The quantitative estimate of drug-likeness (QED) is 0.250. The van der Waals surface area contributed by atoms with Crippen LogP contribution in [0.4, 0.5) is 24.5 Å². The maximum Gasteiger partial charge on any atom is 0.416 e. The molecule has 1 atom stereocenters. The predicted molar refractivity (Wildman–Crippen MR) is 139 cm³/mol. The molecule has 0 spiro atoms. The summed E-state index contributed by atoms with van der Waals surface area (Å²) in [6.07, 6.45) is -4.55. The number of halogens is 4. The second kappa shape index (κ2) is 10.6. The van der Waals surface area contributed by atoms with Crippen molar-refractivity contribution in [3.05, 3.63) is 101 Å². The zero-order chi connectivity index (χ0) is 25.9. The zero-order valence-electron chi connectivity index (χ0n) is 18.9. The van der Waals surface area contributed by atoms with Crippen molar-refractivity contribution in [2.45, 2.75) is 23.2 Å². The van der Waals surface area contributed by atoms with Gasteiger partial charge >= 0.3 is 6.18 Å². The van der Waals surface area contributed by atoms with E-state index >= 15 is 0 Å². The van der Waals surface area contributed by atoms with E-state index in [0.717, 1.165) is 33.9 Å². The molecule has 0 bridgehead atoms. The smallest absolute Gasteiger partial charge is 0.324 e. The number of fused-ring (bicyclic) bond motifs is 1. The fraction of sp³-hybridized carbons (Fsp3) is 0.111. The van der Waals surface area contributed by atoms with Gasteiger partial charge in [0.25, 0.3) is 5.91 Å². The van der Waals surface area contributed by atoms with Crippen molar-refractivity contribution in [3.8, 4) is 0 Å². The number of carbonyl (C=O) groups is 2. The number of alkyl halides is 3. The first kappa shape index (κ1) is 25.6. The van der Waals surface area contributed by atoms with Gasteiger partial charge in [0.2, 0.25) is 5.91 Å². The third-order valence-electron chi connectivity index (χ3n) is 5.36. The van der Waals surface area contributed by atoms with Crippen molar-refractivity contribution in [2.24, 2.45) is 0 Å². The second-order valence-corrected chi connectivity index (χ2v) is 9.80. The maximum atomic E-state index is 13.0. The van der Waals surface area contributed by atoms with Crippen molar-refractivity contribution in [1.82, 2.24) is 0 Å². The number of rotatable bonds is 6. The fourth-order valence-electron chi connectivity index (χ4n) is 3.44. The molecule has 0 aliphatic heterocycles. The van der Waals surface area contributed by atoms with Gasteiger partial charge in [0.15, 0.2) is 0 Å². The molecule has 9 heteroatoms. The van der Waals surface area contributed by atoms with Crippen molar-refractivity contribution in [3.63, 3.8) is 0 Å². The van der Waals surface area contributed by atoms with Gasteiger partial charge in [-0.1, -0.05) is 41.9 Å². The minimum Gasteiger partial charge on any atom is -0.324 e. The van der Waals surface area contributed by atoms with Gasteiger partial charge in [-0.15, -0.1) is 11.8 Å². The molecular weight excluding hydrogens is 509 g/mol. The lowest BCUT2D eigenvalue weighted by Gasteiger charge is -2.15. The Morgan fingerprint density at radius 1 is 0.861 bits per heavy atom. The summed E-state index contributed by atoms with van der Waals surface area (Å²) in [5, 5.41) is 6.72. The Morgan fingerprint density at radius 3 is 2.25 bits per heavy atom. The number of anilines is 2. The van der Waals surface area contributed by atoms with Crippen LogP contribution >= 0.6 is 23.4 Å². The van der Waals surface area contributed by atoms with Crippen LogP contribution in [0.3, 0.4) is 0 Å². The Hall–Kier alpha value is -3.49. The Kier molecular flexibility index (Phi) is 7.56. The molecule has 36 heavy (non-hydrogen) atoms. The molecule has 1 unspecified atom stereocenters. The number of hydrogen-bond acceptors (Lipinski definition) is 3. The van der Waals surface area contributed by atoms with Crippen molar-refractivity contribution in [1.29, 1.82) is 0 Å². The van der Waals surface area contributed by atoms with Crippen LogP contribution in [0.5, 0.6) is 0 Å². The first-order valence-corrected chi connectivity index (χ1v) is 12.1. The second-order valence-electron chi connectivity index (χ2n) is 7.98. The van der Waals surface area contributed by atoms with Gasteiger partial charge in [-0.2, -0.15) is 13.2 Å². The minimum absolute atomic E-state index is 0.0139. The summed E-state index contributed by atoms with van der Waals surface area (Å²) >= 11 is 7.19. The lowest BCUT2D eigenvalue weighted by molar-refractivity contribution is -0.137. The van der Waals surface area contributed by atoms with Crippen LogP contribution in [0, 0.1) is 0 Å². The van der Waals surface area contributed by atoms with Gasteiger partial charge in [0, 0.05) is 16.1 Å². The third kappa shape index (κ3) is 6.19. The van der Waals surface area contributed by atoms with Crippen molar-refractivity contribution in [2.75, 3.05) is 10.6 Å². The van der Waals surface area contributed by atoms with Crippen LogP contribution < -0.4 is 10.6 Å². The summed E-state index contributed by atoms with van der Waals surface area (Å²) in [6.45, 7) is 1.64. The molecular formula is C27H20ClF3N2O2S. The number of hydrogen-bond donors (Lipinski definition) is 2. The molecule has 4 nitrogen and oxygen atoms in total. The van der Waals surface area contributed by atoms with Gasteiger partial charge < -0.3 is 10.6 Å². The van der Waals surface area contributed by atoms with Gasteiger partial charge in [-0.3, -0.25) is 9.59 Å². The van der Waals surface area contributed by atoms with Gasteiger partial charge in [-0.05, 0) is 72.3 Å². The molecule has 4 rings (SSSR count). The summed E-state index contributed by atoms with van der Waals surface area (Å²) < 4.78 is 38.9. The van der Waals surface area contributed by atoms with E-state index in [9.17, 15) is 22.8 Å². The van der Waals surface area contributed by atoms with E-state index in [4.69, 9.17) is 11.6 Å². The van der Waals surface area contributed by atoms with Crippen LogP contribution in [-0.2, 0) is 11.0 Å². The number of amides is 2. The SMILES string of the molecule is CC(Sc1ccc(NC(=O)c2ccc3ccccc3c2)cc1)C(=O)Nc1cc(C(F)(F)F)ccc1Cl. The van der Waals surface area contributed by atoms with E-state index in [0.29, 0.717) is 11.3 Å². The maximum absolute atomic E-state index is 13.0. The highest BCUT2D eigenvalue weighted by Crippen LogP contribution is 2.34. The highest BCUT2D eigenvalue weighted by atomic mass is 35.5. The van der Waals surface area contributed by atoms with Crippen molar-refractivity contribution >= 4 is 57.3 Å². The van der Waals surface area contributed by atoms with Gasteiger partial charge in [0.05, 0.1) is 21.5 Å². The molecule has 4 aromatic carbocycles. The standard InChI is InChI=1S/C27H20ClF3N2O2S/c1-16(25(34)33-24-15-20(27(29,30)31)8-13-23(24)28)36-22-11-9-21(10-12-22)32-26(35)19-7-6-17-4-2-3-5-18(17)14-19/h2-16H,1H3,(H,32,35)(H,33,34). The molecule has 0 aromatic heterocycles. The summed E-state index contributed by atoms with van der Waals surface area (Å²) in [5.41, 5.74) is 0.121. The van der Waals surface area contributed by atoms with Crippen LogP contribution in [0.25, 0.3) is 10.8 Å². The van der Waals surface area contributed by atoms with E-state index in [-0.39, 0.29) is 16.6 Å². The molecule has 0 radical (unpaired) electrons. The molecule has 0 aliphatic rings. The van der Waals surface area contributed by atoms with Crippen LogP contribution in [-0.4, -0.2) is 17.1 Å². The lowest BCUT2D eigenvalue weighted by atomic mass is 10.1. The average molecular weight is 529 g/mol. The molecule has 0 heterocycles. The number of benzene rings is 4. The monoisotopic (exact) mass is 528 g/mol. The topological polar surface area (TPSA) is 58.2 Å². The van der Waals surface area contributed by atoms with E-state index in [1.54, 1.807) is 37.3 Å². The molecule has 0 fully saturated rings. The van der Waals surface area contributed by atoms with Gasteiger partial charge in [0.1, 0.15) is 0 Å². The average Bonchev–Trinajstić information content (AvgIpc) is 2.85. The summed E-state index contributed by atoms with van der Waals surface area (Å²) in [4.78, 5) is 26.0. The Labute approximate surface area is 214 Å². The van der Waals surface area contributed by atoms with Crippen LogP contribution in [0.1, 0.15) is 22.8 Å². The fourth-order valence-corrected chi connectivity index (χ4v) is 4.47. The molecule has 0 saturated carbocycles. The zero-order valence-corrected chi connectivity index (χ0v) is 20.5. The normalized spacial score (nSPS) is 12.2. The van der Waals surface area contributed by atoms with Crippen molar-refractivity contribution < 1.29 is 22.8 Å². The molecule has 2 amide bonds. The van der Waals surface area contributed by atoms with E-state index in [1.807, 2.05) is 36.4 Å². The first-order chi connectivity index (χ1) is 17.1. The van der Waals surface area contributed by atoms with E-state index in [1.165, 1.54) is 11.8 Å². The summed E-state index contributed by atoms with van der Waals surface area (Å²) in [6, 6.07) is 23.0. The number of carbonyl (C=O) groups excluding carboxylic acids is 2. The number of thioether (sulfide) groups is 1. The molecule has 0 saturated heterocycles. The molecule has 0 aliphatic carbocycles. The first-order valence-electron chi connectivity index (χ1n) is 10.8. The molecule has 2 N–H and O–H groups in total. The highest BCUT2D eigenvalue weighted by molar-refractivity contribution is 8.00. The number of nitrogens with one attached hydrogen (secondary N) is 2. The molecule has 184 valence electrons. The van der Waals surface area contributed by atoms with E-state index in [2.05, 4.69) is 10.6 Å². The summed E-state index contributed by atoms with van der Waals surface area (Å²) in [7, 11) is 0. The van der Waals surface area contributed by atoms with Crippen LogP contribution in [0.2, 0.25) is 5.02 Å². The Balaban J connectivity index is 1.37. The van der Waals surface area contributed by atoms with Crippen LogP contribution in [0.15, 0.2) is 89.8 Å².